The van der Waals surface area contributed by atoms with Gasteiger partial charge in [0.25, 0.3) is 0 Å². The highest BCUT2D eigenvalue weighted by Gasteiger charge is 2.17. The minimum absolute atomic E-state index is 0.289. The molecule has 1 heterocycles. The Morgan fingerprint density at radius 2 is 2.11 bits per heavy atom. The van der Waals surface area contributed by atoms with E-state index in [4.69, 9.17) is 10.8 Å². The molecule has 7 heteroatoms. The molecule has 0 spiro atoms. The van der Waals surface area contributed by atoms with Gasteiger partial charge in [-0.3, -0.25) is 4.79 Å². The molecule has 4 N–H and O–H groups in total. The highest BCUT2D eigenvalue weighted by atomic mass is 32.1. The van der Waals surface area contributed by atoms with Crippen LogP contribution in [-0.2, 0) is 4.79 Å². The Balaban J connectivity index is 2.11. The van der Waals surface area contributed by atoms with E-state index >= 15 is 0 Å². The van der Waals surface area contributed by atoms with E-state index < -0.39 is 12.0 Å². The predicted octanol–water partition coefficient (Wildman–Crippen LogP) is 2.11. The molecular weight excluding hydrogens is 257 g/mol. The third-order valence-corrected chi connectivity index (χ3v) is 2.98. The molecule has 1 unspecified atom stereocenters. The number of benzene rings is 1. The van der Waals surface area contributed by atoms with Gasteiger partial charge in [0.2, 0.25) is 0 Å². The number of aromatic nitrogens is 1. The fourth-order valence-electron chi connectivity index (χ4n) is 1.27. The van der Waals surface area contributed by atoms with E-state index in [9.17, 15) is 9.18 Å². The smallest absolute Gasteiger partial charge is 0.326 e. The maximum atomic E-state index is 12.7. The van der Waals surface area contributed by atoms with E-state index in [1.165, 1.54) is 23.5 Å². The molecule has 18 heavy (non-hydrogen) atoms. The monoisotopic (exact) mass is 267 g/mol. The number of rotatable bonds is 4. The number of thiazole rings is 1. The lowest BCUT2D eigenvalue weighted by Crippen LogP contribution is -2.20. The zero-order valence-electron chi connectivity index (χ0n) is 9.13. The van der Waals surface area contributed by atoms with Crippen LogP contribution in [0.3, 0.4) is 0 Å². The molecule has 2 aromatic rings. The van der Waals surface area contributed by atoms with Crippen LogP contribution in [0.1, 0.15) is 11.7 Å². The van der Waals surface area contributed by atoms with Crippen LogP contribution in [0.2, 0.25) is 0 Å². The van der Waals surface area contributed by atoms with Gasteiger partial charge in [0.05, 0.1) is 5.69 Å². The van der Waals surface area contributed by atoms with Crippen molar-refractivity contribution >= 4 is 28.1 Å². The Morgan fingerprint density at radius 1 is 1.44 bits per heavy atom. The van der Waals surface area contributed by atoms with Crippen molar-refractivity contribution < 1.29 is 14.3 Å². The first-order valence-electron chi connectivity index (χ1n) is 5.02. The molecule has 0 saturated carbocycles. The van der Waals surface area contributed by atoms with Crippen LogP contribution in [-0.4, -0.2) is 16.1 Å². The van der Waals surface area contributed by atoms with E-state index in [2.05, 4.69) is 10.3 Å². The fraction of sp³-hybridized carbons (Fsp3) is 0.0909. The van der Waals surface area contributed by atoms with Crippen LogP contribution in [0.15, 0.2) is 29.6 Å². The van der Waals surface area contributed by atoms with Crippen molar-refractivity contribution in [1.29, 1.82) is 0 Å². The molecule has 1 atom stereocenters. The number of carboxylic acids is 1. The van der Waals surface area contributed by atoms with Gasteiger partial charge in [-0.05, 0) is 24.3 Å². The number of hydrogen-bond donors (Lipinski definition) is 3. The first-order valence-corrected chi connectivity index (χ1v) is 5.90. The summed E-state index contributed by atoms with van der Waals surface area (Å²) >= 11 is 1.24. The van der Waals surface area contributed by atoms with Gasteiger partial charge < -0.3 is 16.2 Å². The van der Waals surface area contributed by atoms with Crippen LogP contribution in [0.5, 0.6) is 0 Å². The summed E-state index contributed by atoms with van der Waals surface area (Å²) in [6.07, 6.45) is 0. The van der Waals surface area contributed by atoms with Crippen molar-refractivity contribution in [3.05, 3.63) is 41.2 Å². The molecule has 94 valence electrons. The summed E-state index contributed by atoms with van der Waals surface area (Å²) in [5.41, 5.74) is 6.39. The topological polar surface area (TPSA) is 88.2 Å². The summed E-state index contributed by atoms with van der Waals surface area (Å²) in [5, 5.41) is 13.8. The standard InChI is InChI=1S/C11H10FN3O2S/c12-6-1-3-7(4-2-6)14-11-15-8(5-18-11)9(13)10(16)17/h1-5,9H,13H2,(H,14,15)(H,16,17). The average Bonchev–Trinajstić information content (AvgIpc) is 2.79. The van der Waals surface area contributed by atoms with E-state index in [1.54, 1.807) is 17.5 Å². The number of carboxylic acid groups (broad SMARTS) is 1. The normalized spacial score (nSPS) is 12.1. The number of aliphatic carboxylic acids is 1. The summed E-state index contributed by atoms with van der Waals surface area (Å²) in [7, 11) is 0. The first-order chi connectivity index (χ1) is 8.56. The molecule has 0 saturated heterocycles. The lowest BCUT2D eigenvalue weighted by Gasteiger charge is -2.03. The molecule has 1 aromatic heterocycles. The van der Waals surface area contributed by atoms with Gasteiger partial charge >= 0.3 is 5.97 Å². The van der Waals surface area contributed by atoms with Crippen molar-refractivity contribution in [2.75, 3.05) is 5.32 Å². The van der Waals surface area contributed by atoms with E-state index in [0.29, 0.717) is 10.8 Å². The SMILES string of the molecule is NC(C(=O)O)c1csc(Nc2ccc(F)cc2)n1. The Kier molecular flexibility index (Phi) is 3.54. The number of hydrogen-bond acceptors (Lipinski definition) is 5. The summed E-state index contributed by atoms with van der Waals surface area (Å²) in [6.45, 7) is 0. The summed E-state index contributed by atoms with van der Waals surface area (Å²) in [5.74, 6) is -1.46. The summed E-state index contributed by atoms with van der Waals surface area (Å²) < 4.78 is 12.7. The Labute approximate surface area is 106 Å². The van der Waals surface area contributed by atoms with Crippen molar-refractivity contribution in [2.45, 2.75) is 6.04 Å². The number of nitrogens with one attached hydrogen (secondary N) is 1. The molecule has 2 rings (SSSR count). The largest absolute Gasteiger partial charge is 0.480 e. The third kappa shape index (κ3) is 2.82. The second-order valence-corrected chi connectivity index (χ2v) is 4.38. The van der Waals surface area contributed by atoms with Crippen molar-refractivity contribution in [2.24, 2.45) is 5.73 Å². The third-order valence-electron chi connectivity index (χ3n) is 2.20. The van der Waals surface area contributed by atoms with E-state index in [-0.39, 0.29) is 11.5 Å². The average molecular weight is 267 g/mol. The number of anilines is 2. The zero-order chi connectivity index (χ0) is 13.1. The molecule has 0 aliphatic carbocycles. The molecule has 0 fully saturated rings. The van der Waals surface area contributed by atoms with E-state index in [1.807, 2.05) is 0 Å². The highest BCUT2D eigenvalue weighted by Crippen LogP contribution is 2.23. The molecule has 0 aliphatic rings. The van der Waals surface area contributed by atoms with Gasteiger partial charge in [0.1, 0.15) is 11.9 Å². The number of halogens is 1. The molecule has 5 nitrogen and oxygen atoms in total. The predicted molar refractivity (Wildman–Crippen MR) is 66.4 cm³/mol. The Morgan fingerprint density at radius 3 is 2.72 bits per heavy atom. The Bertz CT molecular complexity index is 556. The quantitative estimate of drug-likeness (QED) is 0.789. The second-order valence-electron chi connectivity index (χ2n) is 3.53. The number of nitrogens with two attached hydrogens (primary N) is 1. The van der Waals surface area contributed by atoms with Gasteiger partial charge in [-0.15, -0.1) is 11.3 Å². The molecule has 0 bridgehead atoms. The highest BCUT2D eigenvalue weighted by molar-refractivity contribution is 7.13. The van der Waals surface area contributed by atoms with Gasteiger partial charge in [-0.2, -0.15) is 0 Å². The summed E-state index contributed by atoms with van der Waals surface area (Å²) in [4.78, 5) is 14.7. The van der Waals surface area contributed by atoms with Crippen LogP contribution in [0.4, 0.5) is 15.2 Å². The first kappa shape index (κ1) is 12.5. The van der Waals surface area contributed by atoms with Gasteiger partial charge in [-0.1, -0.05) is 0 Å². The molecule has 1 aromatic carbocycles. The lowest BCUT2D eigenvalue weighted by atomic mass is 10.2. The van der Waals surface area contributed by atoms with Crippen molar-refractivity contribution in [3.63, 3.8) is 0 Å². The zero-order valence-corrected chi connectivity index (χ0v) is 9.95. The molecule has 0 aliphatic heterocycles. The van der Waals surface area contributed by atoms with Gasteiger partial charge in [0.15, 0.2) is 5.13 Å². The van der Waals surface area contributed by atoms with Crippen LogP contribution in [0.25, 0.3) is 0 Å². The number of carbonyl (C=O) groups is 1. The molecular formula is C11H10FN3O2S. The maximum Gasteiger partial charge on any atom is 0.326 e. The Hall–Kier alpha value is -1.99. The molecule has 0 amide bonds. The van der Waals surface area contributed by atoms with Gasteiger partial charge in [0, 0.05) is 11.1 Å². The lowest BCUT2D eigenvalue weighted by molar-refractivity contribution is -0.138. The molecule has 0 radical (unpaired) electrons. The second kappa shape index (κ2) is 5.11. The van der Waals surface area contributed by atoms with Crippen molar-refractivity contribution in [3.8, 4) is 0 Å². The van der Waals surface area contributed by atoms with E-state index in [0.717, 1.165) is 0 Å². The maximum absolute atomic E-state index is 12.7. The fourth-order valence-corrected chi connectivity index (χ4v) is 2.04. The van der Waals surface area contributed by atoms with Crippen LogP contribution >= 0.6 is 11.3 Å². The minimum Gasteiger partial charge on any atom is -0.480 e. The van der Waals surface area contributed by atoms with Gasteiger partial charge in [-0.25, -0.2) is 9.37 Å². The van der Waals surface area contributed by atoms with Crippen molar-refractivity contribution in [1.82, 2.24) is 4.98 Å². The number of nitrogens with zero attached hydrogens (tertiary/aromatic N) is 1. The summed E-state index contributed by atoms with van der Waals surface area (Å²) in [6, 6.07) is 4.63. The van der Waals surface area contributed by atoms with Crippen LogP contribution in [0, 0.1) is 5.82 Å². The van der Waals surface area contributed by atoms with Crippen LogP contribution < -0.4 is 11.1 Å². The minimum atomic E-state index is -1.13.